The Hall–Kier alpha value is -1.77. The SMILES string of the molecule is CCOC(=O)C1CSCCN1C(=O)c1nc(N)n[nH]1. The van der Waals surface area contributed by atoms with Crippen LogP contribution in [-0.4, -0.2) is 62.7 Å². The predicted octanol–water partition coefficient (Wildman–Crippen LogP) is -0.492. The van der Waals surface area contributed by atoms with Crippen molar-refractivity contribution in [3.63, 3.8) is 0 Å². The summed E-state index contributed by atoms with van der Waals surface area (Å²) >= 11 is 1.61. The first kappa shape index (κ1) is 13.7. The van der Waals surface area contributed by atoms with Crippen LogP contribution in [0.25, 0.3) is 0 Å². The summed E-state index contributed by atoms with van der Waals surface area (Å²) < 4.78 is 4.99. The van der Waals surface area contributed by atoms with Crippen LogP contribution in [0, 0.1) is 0 Å². The smallest absolute Gasteiger partial charge is 0.329 e. The maximum absolute atomic E-state index is 12.3. The Morgan fingerprint density at radius 2 is 2.42 bits per heavy atom. The average molecular weight is 285 g/mol. The molecule has 1 aromatic heterocycles. The maximum Gasteiger partial charge on any atom is 0.329 e. The number of rotatable bonds is 3. The van der Waals surface area contributed by atoms with E-state index in [0.29, 0.717) is 12.3 Å². The number of esters is 1. The van der Waals surface area contributed by atoms with Crippen LogP contribution in [0.1, 0.15) is 17.5 Å². The molecule has 3 N–H and O–H groups in total. The van der Waals surface area contributed by atoms with Gasteiger partial charge in [0, 0.05) is 18.1 Å². The summed E-state index contributed by atoms with van der Waals surface area (Å²) in [4.78, 5) is 29.3. The number of hydrogen-bond donors (Lipinski definition) is 2. The molecule has 8 nitrogen and oxygen atoms in total. The van der Waals surface area contributed by atoms with Gasteiger partial charge in [0.1, 0.15) is 6.04 Å². The Balaban J connectivity index is 2.15. The van der Waals surface area contributed by atoms with Crippen LogP contribution in [0.15, 0.2) is 0 Å². The van der Waals surface area contributed by atoms with E-state index in [1.807, 2.05) is 0 Å². The molecule has 19 heavy (non-hydrogen) atoms. The molecule has 9 heteroatoms. The van der Waals surface area contributed by atoms with Crippen molar-refractivity contribution in [2.24, 2.45) is 0 Å². The Labute approximate surface area is 114 Å². The van der Waals surface area contributed by atoms with E-state index in [0.717, 1.165) is 5.75 Å². The molecule has 0 spiro atoms. The van der Waals surface area contributed by atoms with E-state index in [1.54, 1.807) is 18.7 Å². The molecule has 1 aromatic rings. The lowest BCUT2D eigenvalue weighted by atomic mass is 10.2. The van der Waals surface area contributed by atoms with Crippen LogP contribution < -0.4 is 5.73 Å². The van der Waals surface area contributed by atoms with Gasteiger partial charge in [0.2, 0.25) is 11.8 Å². The highest BCUT2D eigenvalue weighted by molar-refractivity contribution is 7.99. The van der Waals surface area contributed by atoms with Crippen LogP contribution in [-0.2, 0) is 9.53 Å². The molecule has 2 heterocycles. The minimum atomic E-state index is -0.586. The van der Waals surface area contributed by atoms with Crippen molar-refractivity contribution < 1.29 is 14.3 Å². The van der Waals surface area contributed by atoms with Gasteiger partial charge in [0.05, 0.1) is 6.61 Å². The summed E-state index contributed by atoms with van der Waals surface area (Å²) in [5.74, 6) is 0.554. The molecular formula is C10H15N5O3S. The molecule has 0 aromatic carbocycles. The summed E-state index contributed by atoms with van der Waals surface area (Å²) in [5.41, 5.74) is 5.37. The first-order chi connectivity index (χ1) is 9.13. The monoisotopic (exact) mass is 285 g/mol. The molecule has 0 radical (unpaired) electrons. The van der Waals surface area contributed by atoms with E-state index < -0.39 is 12.0 Å². The minimum Gasteiger partial charge on any atom is -0.464 e. The molecule has 1 aliphatic rings. The van der Waals surface area contributed by atoms with E-state index in [2.05, 4.69) is 15.2 Å². The first-order valence-corrected chi connectivity index (χ1v) is 7.02. The zero-order chi connectivity index (χ0) is 13.8. The number of anilines is 1. The predicted molar refractivity (Wildman–Crippen MR) is 69.6 cm³/mol. The van der Waals surface area contributed by atoms with Crippen LogP contribution in [0.2, 0.25) is 0 Å². The average Bonchev–Trinajstić information content (AvgIpc) is 2.85. The first-order valence-electron chi connectivity index (χ1n) is 5.86. The third-order valence-corrected chi connectivity index (χ3v) is 3.68. The van der Waals surface area contributed by atoms with Crippen LogP contribution in [0.5, 0.6) is 0 Å². The van der Waals surface area contributed by atoms with Gasteiger partial charge in [-0.3, -0.25) is 9.89 Å². The standard InChI is InChI=1S/C10H15N5O3S/c1-2-18-9(17)6-5-19-4-3-15(6)8(16)7-12-10(11)14-13-7/h6H,2-5H2,1H3,(H3,11,12,13,14). The summed E-state index contributed by atoms with van der Waals surface area (Å²) in [6, 6.07) is -0.586. The van der Waals surface area contributed by atoms with Crippen molar-refractivity contribution in [1.29, 1.82) is 0 Å². The number of amides is 1. The molecule has 0 aliphatic carbocycles. The van der Waals surface area contributed by atoms with Gasteiger partial charge >= 0.3 is 5.97 Å². The van der Waals surface area contributed by atoms with E-state index in [9.17, 15) is 9.59 Å². The maximum atomic E-state index is 12.3. The third kappa shape index (κ3) is 2.98. The number of nitrogens with zero attached hydrogens (tertiary/aromatic N) is 3. The summed E-state index contributed by atoms with van der Waals surface area (Å²) in [6.45, 7) is 2.49. The van der Waals surface area contributed by atoms with Crippen LogP contribution in [0.4, 0.5) is 5.95 Å². The summed E-state index contributed by atoms with van der Waals surface area (Å²) in [5, 5.41) is 6.07. The second-order valence-electron chi connectivity index (χ2n) is 3.88. The van der Waals surface area contributed by atoms with Crippen molar-refractivity contribution in [3.8, 4) is 0 Å². The molecule has 1 atom stereocenters. The zero-order valence-electron chi connectivity index (χ0n) is 10.5. The van der Waals surface area contributed by atoms with Gasteiger partial charge in [-0.2, -0.15) is 16.7 Å². The van der Waals surface area contributed by atoms with Gasteiger partial charge in [-0.15, -0.1) is 5.10 Å². The van der Waals surface area contributed by atoms with Gasteiger partial charge in [-0.05, 0) is 6.92 Å². The number of hydrogen-bond acceptors (Lipinski definition) is 7. The molecular weight excluding hydrogens is 270 g/mol. The number of thioether (sulfide) groups is 1. The fourth-order valence-corrected chi connectivity index (χ4v) is 2.82. The third-order valence-electron chi connectivity index (χ3n) is 2.65. The number of nitrogens with one attached hydrogen (secondary N) is 1. The van der Waals surface area contributed by atoms with E-state index in [4.69, 9.17) is 10.5 Å². The molecule has 1 saturated heterocycles. The summed E-state index contributed by atoms with van der Waals surface area (Å²) in [7, 11) is 0. The van der Waals surface area contributed by atoms with Crippen LogP contribution in [0.3, 0.4) is 0 Å². The van der Waals surface area contributed by atoms with Crippen molar-refractivity contribution in [2.75, 3.05) is 30.4 Å². The van der Waals surface area contributed by atoms with Crippen LogP contribution >= 0.6 is 11.8 Å². The highest BCUT2D eigenvalue weighted by atomic mass is 32.2. The fourth-order valence-electron chi connectivity index (χ4n) is 1.79. The number of nitrogen functional groups attached to an aromatic ring is 1. The fraction of sp³-hybridized carbons (Fsp3) is 0.600. The second kappa shape index (κ2) is 5.91. The number of carbonyl (C=O) groups excluding carboxylic acids is 2. The quantitative estimate of drug-likeness (QED) is 0.720. The number of carbonyl (C=O) groups is 2. The molecule has 0 bridgehead atoms. The Bertz CT molecular complexity index is 477. The van der Waals surface area contributed by atoms with Crippen molar-refractivity contribution in [1.82, 2.24) is 20.1 Å². The van der Waals surface area contributed by atoms with E-state index in [-0.39, 0.29) is 24.3 Å². The van der Waals surface area contributed by atoms with Gasteiger partial charge in [0.15, 0.2) is 0 Å². The number of aromatic nitrogens is 3. The highest BCUT2D eigenvalue weighted by Crippen LogP contribution is 2.19. The molecule has 1 unspecified atom stereocenters. The minimum absolute atomic E-state index is 0.00224. The van der Waals surface area contributed by atoms with Gasteiger partial charge < -0.3 is 15.4 Å². The highest BCUT2D eigenvalue weighted by Gasteiger charge is 2.35. The lowest BCUT2D eigenvalue weighted by Gasteiger charge is -2.32. The van der Waals surface area contributed by atoms with Gasteiger partial charge in [0.25, 0.3) is 5.91 Å². The lowest BCUT2D eigenvalue weighted by molar-refractivity contribution is -0.147. The number of ether oxygens (including phenoxy) is 1. The van der Waals surface area contributed by atoms with Crippen molar-refractivity contribution in [3.05, 3.63) is 5.82 Å². The van der Waals surface area contributed by atoms with Gasteiger partial charge in [-0.1, -0.05) is 0 Å². The van der Waals surface area contributed by atoms with E-state index in [1.165, 1.54) is 4.90 Å². The molecule has 1 aliphatic heterocycles. The lowest BCUT2D eigenvalue weighted by Crippen LogP contribution is -2.51. The molecule has 1 amide bonds. The largest absolute Gasteiger partial charge is 0.464 e. The molecule has 2 rings (SSSR count). The Kier molecular flexibility index (Phi) is 4.25. The normalized spacial score (nSPS) is 19.2. The Morgan fingerprint density at radius 3 is 3.05 bits per heavy atom. The Morgan fingerprint density at radius 1 is 1.63 bits per heavy atom. The van der Waals surface area contributed by atoms with Gasteiger partial charge in [-0.25, -0.2) is 4.79 Å². The number of nitrogens with two attached hydrogens (primary N) is 1. The second-order valence-corrected chi connectivity index (χ2v) is 5.03. The summed E-state index contributed by atoms with van der Waals surface area (Å²) in [6.07, 6.45) is 0. The van der Waals surface area contributed by atoms with Crippen molar-refractivity contribution in [2.45, 2.75) is 13.0 Å². The molecule has 104 valence electrons. The number of H-pyrrole nitrogens is 1. The topological polar surface area (TPSA) is 114 Å². The van der Waals surface area contributed by atoms with Crippen molar-refractivity contribution >= 4 is 29.6 Å². The molecule has 1 fully saturated rings. The molecule has 0 saturated carbocycles. The van der Waals surface area contributed by atoms with E-state index >= 15 is 0 Å². The number of aromatic amines is 1. The zero-order valence-corrected chi connectivity index (χ0v) is 11.3.